The predicted octanol–water partition coefficient (Wildman–Crippen LogP) is 5.21. The van der Waals surface area contributed by atoms with Gasteiger partial charge in [-0.15, -0.1) is 0 Å². The molecule has 2 N–H and O–H groups in total. The number of carbonyl (C=O) groups excluding carboxylic acids is 1. The van der Waals surface area contributed by atoms with Crippen molar-refractivity contribution in [3.63, 3.8) is 0 Å². The Bertz CT molecular complexity index is 1390. The lowest BCUT2D eigenvalue weighted by atomic mass is 10.1. The molecule has 0 fully saturated rings. The summed E-state index contributed by atoms with van der Waals surface area (Å²) < 4.78 is 35.4. The summed E-state index contributed by atoms with van der Waals surface area (Å²) in [5, 5.41) is 4.13. The first kappa shape index (κ1) is 22.8. The maximum absolute atomic E-state index is 13.2. The van der Waals surface area contributed by atoms with Crippen LogP contribution in [0.4, 0.5) is 5.69 Å². The molecule has 1 amide bonds. The van der Waals surface area contributed by atoms with Gasteiger partial charge in [0.1, 0.15) is 12.4 Å². The van der Waals surface area contributed by atoms with Crippen molar-refractivity contribution >= 4 is 48.3 Å². The molecule has 0 aliphatic carbocycles. The third-order valence-corrected chi connectivity index (χ3v) is 7.05. The highest BCUT2D eigenvalue weighted by Crippen LogP contribution is 2.31. The Morgan fingerprint density at radius 1 is 0.818 bits per heavy atom. The number of carbonyl (C=O) groups is 1. The fraction of sp³-hybridized carbons (Fsp3) is 0.0800. The standard InChI is InChI=1S/C25H21BrN2O4S/c26-22-14-15-24(20-11-5-4-10-19(20)22)33(30,31)28-23-13-7-6-12-21(23)25(29)27-16-17-32-18-8-2-1-3-9-18/h1-15,28H,16-17H2,(H,27,29). The molecular weight excluding hydrogens is 504 g/mol. The van der Waals surface area contributed by atoms with Crippen LogP contribution in [0.3, 0.4) is 0 Å². The Morgan fingerprint density at radius 3 is 2.27 bits per heavy atom. The number of hydrogen-bond acceptors (Lipinski definition) is 4. The first-order valence-electron chi connectivity index (χ1n) is 10.2. The monoisotopic (exact) mass is 524 g/mol. The van der Waals surface area contributed by atoms with Crippen LogP contribution in [0, 0.1) is 0 Å². The van der Waals surface area contributed by atoms with Crippen LogP contribution < -0.4 is 14.8 Å². The average molecular weight is 525 g/mol. The molecule has 0 atom stereocenters. The number of rotatable bonds is 8. The first-order chi connectivity index (χ1) is 16.0. The van der Waals surface area contributed by atoms with Crippen LogP contribution >= 0.6 is 15.9 Å². The molecule has 4 rings (SSSR count). The Morgan fingerprint density at radius 2 is 1.48 bits per heavy atom. The minimum atomic E-state index is -3.95. The molecule has 0 aromatic heterocycles. The predicted molar refractivity (Wildman–Crippen MR) is 133 cm³/mol. The van der Waals surface area contributed by atoms with Crippen LogP contribution in [0.5, 0.6) is 5.75 Å². The zero-order valence-electron chi connectivity index (χ0n) is 17.5. The van der Waals surface area contributed by atoms with E-state index in [2.05, 4.69) is 26.0 Å². The molecule has 0 heterocycles. The second-order valence-electron chi connectivity index (χ2n) is 7.16. The molecule has 33 heavy (non-hydrogen) atoms. The van der Waals surface area contributed by atoms with Crippen molar-refractivity contribution in [2.45, 2.75) is 4.90 Å². The van der Waals surface area contributed by atoms with Gasteiger partial charge in [0, 0.05) is 9.86 Å². The molecule has 4 aromatic carbocycles. The Balaban J connectivity index is 1.50. The van der Waals surface area contributed by atoms with Gasteiger partial charge in [0.15, 0.2) is 0 Å². The second kappa shape index (κ2) is 10.1. The molecule has 0 bridgehead atoms. The summed E-state index contributed by atoms with van der Waals surface area (Å²) in [5.41, 5.74) is 0.424. The van der Waals surface area contributed by atoms with Gasteiger partial charge in [-0.2, -0.15) is 0 Å². The molecule has 0 aliphatic rings. The summed E-state index contributed by atoms with van der Waals surface area (Å²) in [6.07, 6.45) is 0. The van der Waals surface area contributed by atoms with Crippen molar-refractivity contribution < 1.29 is 17.9 Å². The number of fused-ring (bicyclic) bond motifs is 1. The number of ether oxygens (including phenoxy) is 1. The summed E-state index contributed by atoms with van der Waals surface area (Å²) in [6, 6.07) is 26.2. The Labute approximate surface area is 200 Å². The molecule has 8 heteroatoms. The molecule has 168 valence electrons. The van der Waals surface area contributed by atoms with Crippen molar-refractivity contribution in [2.24, 2.45) is 0 Å². The van der Waals surface area contributed by atoms with E-state index >= 15 is 0 Å². The smallest absolute Gasteiger partial charge is 0.262 e. The van der Waals surface area contributed by atoms with E-state index in [0.29, 0.717) is 11.1 Å². The lowest BCUT2D eigenvalue weighted by molar-refractivity contribution is 0.0948. The molecule has 6 nitrogen and oxygen atoms in total. The van der Waals surface area contributed by atoms with Crippen LogP contribution in [-0.4, -0.2) is 27.5 Å². The van der Waals surface area contributed by atoms with Crippen molar-refractivity contribution in [2.75, 3.05) is 17.9 Å². The molecule has 4 aromatic rings. The van der Waals surface area contributed by atoms with Crippen molar-refractivity contribution in [3.05, 3.63) is 101 Å². The summed E-state index contributed by atoms with van der Waals surface area (Å²) >= 11 is 3.46. The zero-order valence-corrected chi connectivity index (χ0v) is 19.9. The Hall–Kier alpha value is -3.36. The number of halogens is 1. The van der Waals surface area contributed by atoms with E-state index < -0.39 is 15.9 Å². The molecule has 0 saturated carbocycles. The molecule has 0 unspecified atom stereocenters. The van der Waals surface area contributed by atoms with E-state index in [4.69, 9.17) is 4.74 Å². The topological polar surface area (TPSA) is 84.5 Å². The summed E-state index contributed by atoms with van der Waals surface area (Å²) in [6.45, 7) is 0.556. The third-order valence-electron chi connectivity index (χ3n) is 4.94. The van der Waals surface area contributed by atoms with Gasteiger partial charge in [-0.05, 0) is 41.8 Å². The lowest BCUT2D eigenvalue weighted by Gasteiger charge is -2.14. The maximum atomic E-state index is 13.2. The second-order valence-corrected chi connectivity index (χ2v) is 9.66. The molecular formula is C25H21BrN2O4S. The number of benzene rings is 4. The fourth-order valence-electron chi connectivity index (χ4n) is 3.38. The number of para-hydroxylation sites is 2. The van der Waals surface area contributed by atoms with Crippen LogP contribution in [-0.2, 0) is 10.0 Å². The summed E-state index contributed by atoms with van der Waals surface area (Å²) in [4.78, 5) is 12.9. The van der Waals surface area contributed by atoms with Gasteiger partial charge in [-0.25, -0.2) is 8.42 Å². The SMILES string of the molecule is O=C(NCCOc1ccccc1)c1ccccc1NS(=O)(=O)c1ccc(Br)c2ccccc12. The number of anilines is 1. The van der Waals surface area contributed by atoms with Crippen LogP contribution in [0.15, 0.2) is 100 Å². The van der Waals surface area contributed by atoms with Crippen LogP contribution in [0.2, 0.25) is 0 Å². The zero-order chi connectivity index (χ0) is 23.3. The molecule has 0 saturated heterocycles. The van der Waals surface area contributed by atoms with E-state index in [9.17, 15) is 13.2 Å². The van der Waals surface area contributed by atoms with Gasteiger partial charge in [0.25, 0.3) is 15.9 Å². The van der Waals surface area contributed by atoms with Crippen molar-refractivity contribution in [1.29, 1.82) is 0 Å². The van der Waals surface area contributed by atoms with Crippen molar-refractivity contribution in [3.8, 4) is 5.75 Å². The van der Waals surface area contributed by atoms with Gasteiger partial charge in [0.05, 0.1) is 22.7 Å². The highest BCUT2D eigenvalue weighted by atomic mass is 79.9. The molecule has 0 aliphatic heterocycles. The lowest BCUT2D eigenvalue weighted by Crippen LogP contribution is -2.29. The highest BCUT2D eigenvalue weighted by molar-refractivity contribution is 9.10. The van der Waals surface area contributed by atoms with E-state index in [0.717, 1.165) is 9.86 Å². The number of sulfonamides is 1. The quantitative estimate of drug-likeness (QED) is 0.310. The molecule has 0 radical (unpaired) electrons. The van der Waals surface area contributed by atoms with E-state index in [1.54, 1.807) is 48.5 Å². The number of amides is 1. The van der Waals surface area contributed by atoms with Gasteiger partial charge in [-0.1, -0.05) is 70.5 Å². The van der Waals surface area contributed by atoms with E-state index in [-0.39, 0.29) is 29.3 Å². The third kappa shape index (κ3) is 5.35. The fourth-order valence-corrected chi connectivity index (χ4v) is 5.15. The first-order valence-corrected chi connectivity index (χ1v) is 12.5. The van der Waals surface area contributed by atoms with Gasteiger partial charge >= 0.3 is 0 Å². The maximum Gasteiger partial charge on any atom is 0.262 e. The average Bonchev–Trinajstić information content (AvgIpc) is 2.83. The van der Waals surface area contributed by atoms with Crippen LogP contribution in [0.1, 0.15) is 10.4 Å². The highest BCUT2D eigenvalue weighted by Gasteiger charge is 2.21. The normalized spacial score (nSPS) is 11.2. The number of nitrogens with one attached hydrogen (secondary N) is 2. The minimum absolute atomic E-state index is 0.132. The van der Waals surface area contributed by atoms with E-state index in [1.165, 1.54) is 0 Å². The largest absolute Gasteiger partial charge is 0.492 e. The van der Waals surface area contributed by atoms with Gasteiger partial charge in [0.2, 0.25) is 0 Å². The van der Waals surface area contributed by atoms with Gasteiger partial charge in [-0.3, -0.25) is 9.52 Å². The summed E-state index contributed by atoms with van der Waals surface area (Å²) in [7, 11) is -3.95. The molecule has 0 spiro atoms. The minimum Gasteiger partial charge on any atom is -0.492 e. The van der Waals surface area contributed by atoms with Crippen LogP contribution in [0.25, 0.3) is 10.8 Å². The van der Waals surface area contributed by atoms with Crippen molar-refractivity contribution in [1.82, 2.24) is 5.32 Å². The van der Waals surface area contributed by atoms with E-state index in [1.807, 2.05) is 42.5 Å². The Kier molecular flexibility index (Phi) is 6.96. The van der Waals surface area contributed by atoms with Gasteiger partial charge < -0.3 is 10.1 Å². The number of hydrogen-bond donors (Lipinski definition) is 2. The summed E-state index contributed by atoms with van der Waals surface area (Å²) in [5.74, 6) is 0.312.